The number of hydrogen-bond donors (Lipinski definition) is 1. The first-order valence-electron chi connectivity index (χ1n) is 11.6. The average Bonchev–Trinajstić information content (AvgIpc) is 2.92. The molecule has 0 aliphatic carbocycles. The van der Waals surface area contributed by atoms with Crippen LogP contribution in [0.2, 0.25) is 0 Å². The number of thiol groups is 1. The Hall–Kier alpha value is -3.11. The molecule has 0 unspecified atom stereocenters. The van der Waals surface area contributed by atoms with Gasteiger partial charge >= 0.3 is 15.4 Å². The summed E-state index contributed by atoms with van der Waals surface area (Å²) in [4.78, 5) is 1.35. The second-order valence-corrected chi connectivity index (χ2v) is 11.4. The molecule has 198 valence electrons. The van der Waals surface area contributed by atoms with E-state index in [4.69, 9.17) is 16.8 Å². The van der Waals surface area contributed by atoms with Gasteiger partial charge in [0.15, 0.2) is 21.8 Å². The molecule has 0 bridgehead atoms. The Labute approximate surface area is 231 Å². The Morgan fingerprint density at radius 3 is 1.66 bits per heavy atom. The van der Waals surface area contributed by atoms with E-state index in [2.05, 4.69) is 95.7 Å². The monoisotopic (exact) mass is 573 g/mol. The molecule has 1 N–H and O–H groups in total. The van der Waals surface area contributed by atoms with E-state index < -0.39 is 22.0 Å². The standard InChI is InChI=1S/C19H16S.C10H10F2O4S2/c1-4-10-16(11-5-1)19(17-12-6-2-7-13-17)20-18-14-8-3-9-15-18;11-10(12,18(13,14)15)7-16-9(17)6-8-4-2-1-3-5-8/h1-15,19H;1-5H,6-7H2,(H,13,14,15)/p+1. The zero-order valence-corrected chi connectivity index (χ0v) is 22.8. The van der Waals surface area contributed by atoms with Crippen molar-refractivity contribution >= 4 is 39.1 Å². The number of hydrogen-bond acceptors (Lipinski definition) is 4. The van der Waals surface area contributed by atoms with Crippen LogP contribution in [0.15, 0.2) is 126 Å². The van der Waals surface area contributed by atoms with Gasteiger partial charge in [0.1, 0.15) is 0 Å². The molecule has 0 saturated heterocycles. The van der Waals surface area contributed by atoms with Crippen LogP contribution in [0.3, 0.4) is 0 Å². The van der Waals surface area contributed by atoms with Crippen molar-refractivity contribution in [1.82, 2.24) is 0 Å². The Kier molecular flexibility index (Phi) is 11.0. The van der Waals surface area contributed by atoms with Crippen LogP contribution in [-0.2, 0) is 33.0 Å². The third-order valence-corrected chi connectivity index (χ3v) is 7.82. The summed E-state index contributed by atoms with van der Waals surface area (Å²) < 4.78 is 59.0. The number of alkyl halides is 2. The van der Waals surface area contributed by atoms with E-state index in [9.17, 15) is 17.2 Å². The molecule has 0 saturated carbocycles. The van der Waals surface area contributed by atoms with Crippen molar-refractivity contribution in [1.29, 1.82) is 0 Å². The molecule has 38 heavy (non-hydrogen) atoms. The Morgan fingerprint density at radius 1 is 0.789 bits per heavy atom. The maximum Gasteiger partial charge on any atom is 0.402 e. The van der Waals surface area contributed by atoms with Crippen molar-refractivity contribution in [2.75, 3.05) is 6.61 Å². The van der Waals surface area contributed by atoms with Crippen LogP contribution in [-0.4, -0.2) is 29.9 Å². The molecule has 4 aromatic carbocycles. The SMILES string of the molecule is O=S(=O)(O)C(F)(F)COC(=S)Cc1ccccc1.c1ccc([SH+]C(c2ccccc2)c2ccccc2)cc1. The van der Waals surface area contributed by atoms with E-state index >= 15 is 0 Å². The summed E-state index contributed by atoms with van der Waals surface area (Å²) in [6, 6.07) is 40.8. The molecular formula is C29H27F2O4S3+. The van der Waals surface area contributed by atoms with Crippen LogP contribution in [0.4, 0.5) is 8.78 Å². The van der Waals surface area contributed by atoms with Crippen molar-refractivity contribution in [3.63, 3.8) is 0 Å². The van der Waals surface area contributed by atoms with Crippen molar-refractivity contribution in [2.24, 2.45) is 0 Å². The van der Waals surface area contributed by atoms with Crippen molar-refractivity contribution in [3.8, 4) is 0 Å². The molecule has 4 rings (SSSR count). The van der Waals surface area contributed by atoms with Crippen molar-refractivity contribution in [2.45, 2.75) is 21.8 Å². The summed E-state index contributed by atoms with van der Waals surface area (Å²) in [6.45, 7) is -1.50. The molecule has 0 radical (unpaired) electrons. The van der Waals surface area contributed by atoms with Gasteiger partial charge in [0, 0.05) is 29.3 Å². The second-order valence-electron chi connectivity index (χ2n) is 8.12. The minimum Gasteiger partial charge on any atom is -0.479 e. The van der Waals surface area contributed by atoms with E-state index in [-0.39, 0.29) is 11.5 Å². The topological polar surface area (TPSA) is 63.6 Å². The van der Waals surface area contributed by atoms with Gasteiger partial charge in [-0.2, -0.15) is 17.2 Å². The maximum atomic E-state index is 12.8. The largest absolute Gasteiger partial charge is 0.479 e. The molecule has 4 aromatic rings. The van der Waals surface area contributed by atoms with Crippen molar-refractivity contribution < 1.29 is 26.5 Å². The predicted molar refractivity (Wildman–Crippen MR) is 153 cm³/mol. The highest BCUT2D eigenvalue weighted by molar-refractivity contribution is 7.86. The van der Waals surface area contributed by atoms with E-state index in [1.54, 1.807) is 30.3 Å². The fourth-order valence-corrected chi connectivity index (χ4v) is 5.05. The smallest absolute Gasteiger partial charge is 0.402 e. The second kappa shape index (κ2) is 14.2. The van der Waals surface area contributed by atoms with Crippen LogP contribution in [0.25, 0.3) is 0 Å². The van der Waals surface area contributed by atoms with Gasteiger partial charge in [0.25, 0.3) is 0 Å². The molecule has 0 fully saturated rings. The van der Waals surface area contributed by atoms with Crippen LogP contribution in [0, 0.1) is 0 Å². The van der Waals surface area contributed by atoms with Crippen LogP contribution >= 0.6 is 12.2 Å². The lowest BCUT2D eigenvalue weighted by Gasteiger charge is -2.14. The van der Waals surface area contributed by atoms with Gasteiger partial charge in [-0.3, -0.25) is 4.55 Å². The molecule has 0 aliphatic rings. The molecular weight excluding hydrogens is 547 g/mol. The third-order valence-electron chi connectivity index (χ3n) is 5.23. The van der Waals surface area contributed by atoms with Gasteiger partial charge < -0.3 is 4.74 Å². The molecule has 0 amide bonds. The van der Waals surface area contributed by atoms with E-state index in [1.165, 1.54) is 27.8 Å². The molecule has 0 spiro atoms. The molecule has 4 nitrogen and oxygen atoms in total. The summed E-state index contributed by atoms with van der Waals surface area (Å²) in [5, 5.41) is -4.15. The minimum absolute atomic E-state index is 0.109. The maximum absolute atomic E-state index is 12.8. The molecule has 9 heteroatoms. The zero-order valence-electron chi connectivity index (χ0n) is 20.2. The third kappa shape index (κ3) is 9.33. The van der Waals surface area contributed by atoms with Crippen LogP contribution < -0.4 is 0 Å². The fourth-order valence-electron chi connectivity index (χ4n) is 3.33. The quantitative estimate of drug-likeness (QED) is 0.104. The highest BCUT2D eigenvalue weighted by Gasteiger charge is 2.45. The van der Waals surface area contributed by atoms with Gasteiger partial charge in [-0.05, 0) is 29.9 Å². The molecule has 0 heterocycles. The van der Waals surface area contributed by atoms with E-state index in [1.807, 2.05) is 0 Å². The lowest BCUT2D eigenvalue weighted by atomic mass is 10.0. The lowest BCUT2D eigenvalue weighted by Crippen LogP contribution is -2.34. The number of thiocarbonyl (C=S) groups is 1. The predicted octanol–water partition coefficient (Wildman–Crippen LogP) is 6.70. The number of rotatable bonds is 9. The van der Waals surface area contributed by atoms with Crippen LogP contribution in [0.1, 0.15) is 21.9 Å². The molecule has 0 aromatic heterocycles. The van der Waals surface area contributed by atoms with Gasteiger partial charge in [-0.1, -0.05) is 109 Å². The Morgan fingerprint density at radius 2 is 1.21 bits per heavy atom. The highest BCUT2D eigenvalue weighted by Crippen LogP contribution is 2.29. The first kappa shape index (κ1) is 29.4. The average molecular weight is 574 g/mol. The Balaban J connectivity index is 0.000000212. The number of benzene rings is 4. The van der Waals surface area contributed by atoms with Crippen LogP contribution in [0.5, 0.6) is 0 Å². The van der Waals surface area contributed by atoms with Gasteiger partial charge in [-0.15, -0.1) is 0 Å². The minimum atomic E-state index is -5.49. The zero-order chi connectivity index (χ0) is 27.4. The highest BCUT2D eigenvalue weighted by atomic mass is 32.2. The Bertz CT molecular complexity index is 1330. The first-order chi connectivity index (χ1) is 18.2. The van der Waals surface area contributed by atoms with Gasteiger partial charge in [-0.25, -0.2) is 0 Å². The number of ether oxygens (including phenoxy) is 1. The van der Waals surface area contributed by atoms with E-state index in [0.717, 1.165) is 5.56 Å². The normalized spacial score (nSPS) is 11.4. The fraction of sp³-hybridized carbons (Fsp3) is 0.138. The summed E-state index contributed by atoms with van der Waals surface area (Å²) in [5.74, 6) is 0. The summed E-state index contributed by atoms with van der Waals surface area (Å²) >= 11 is 6.02. The summed E-state index contributed by atoms with van der Waals surface area (Å²) in [7, 11) is -5.49. The lowest BCUT2D eigenvalue weighted by molar-refractivity contribution is 0.0248. The van der Waals surface area contributed by atoms with E-state index in [0.29, 0.717) is 5.25 Å². The van der Waals surface area contributed by atoms with Gasteiger partial charge in [0.05, 0.1) is 0 Å². The van der Waals surface area contributed by atoms with Gasteiger partial charge in [0.2, 0.25) is 0 Å². The first-order valence-corrected chi connectivity index (χ1v) is 14.4. The number of halogens is 2. The summed E-state index contributed by atoms with van der Waals surface area (Å²) in [5.41, 5.74) is 3.48. The van der Waals surface area contributed by atoms with Crippen molar-refractivity contribution in [3.05, 3.63) is 138 Å². The molecule has 0 atom stereocenters. The molecule has 0 aliphatic heterocycles. The summed E-state index contributed by atoms with van der Waals surface area (Å²) in [6.07, 6.45) is 0.109.